The first kappa shape index (κ1) is 18.0. The Balaban J connectivity index is 1.26. The molecule has 2 bridgehead atoms. The summed E-state index contributed by atoms with van der Waals surface area (Å²) in [7, 11) is 1.62. The van der Waals surface area contributed by atoms with E-state index in [1.54, 1.807) is 7.11 Å². The van der Waals surface area contributed by atoms with Crippen molar-refractivity contribution < 1.29 is 19.1 Å². The van der Waals surface area contributed by atoms with E-state index in [4.69, 9.17) is 9.47 Å². The average molecular weight is 384 g/mol. The van der Waals surface area contributed by atoms with Crippen LogP contribution in [0.2, 0.25) is 0 Å². The molecule has 1 N–H and O–H groups in total. The Morgan fingerprint density at radius 2 is 2.14 bits per heavy atom. The van der Waals surface area contributed by atoms with E-state index in [9.17, 15) is 9.59 Å². The van der Waals surface area contributed by atoms with Gasteiger partial charge >= 0.3 is 0 Å². The quantitative estimate of drug-likeness (QED) is 0.845. The minimum Gasteiger partial charge on any atom is -0.497 e. The van der Waals surface area contributed by atoms with Gasteiger partial charge in [0.25, 0.3) is 5.91 Å². The molecule has 0 aromatic heterocycles. The summed E-state index contributed by atoms with van der Waals surface area (Å²) < 4.78 is 11.6. The number of amides is 2. The molecule has 3 aliphatic heterocycles. The Bertz CT molecular complexity index is 821. The summed E-state index contributed by atoms with van der Waals surface area (Å²) in [6.45, 7) is 4.05. The van der Waals surface area contributed by atoms with Gasteiger partial charge in [0, 0.05) is 36.4 Å². The summed E-state index contributed by atoms with van der Waals surface area (Å²) in [5, 5.41) is 3.13. The molecule has 5 rings (SSSR count). The Kier molecular flexibility index (Phi) is 4.16. The van der Waals surface area contributed by atoms with E-state index in [2.05, 4.69) is 5.32 Å². The molecular weight excluding hydrogens is 356 g/mol. The van der Waals surface area contributed by atoms with Gasteiger partial charge in [0.1, 0.15) is 5.75 Å². The number of aryl methyl sites for hydroxylation is 1. The molecular formula is C22H28N2O4. The van der Waals surface area contributed by atoms with Gasteiger partial charge in [0.05, 0.1) is 25.4 Å². The zero-order chi connectivity index (χ0) is 19.5. The topological polar surface area (TPSA) is 67.9 Å². The van der Waals surface area contributed by atoms with Crippen LogP contribution in [0.1, 0.15) is 41.6 Å². The zero-order valence-corrected chi connectivity index (χ0v) is 16.6. The SMILES string of the molecule is COc1ccc(C(=O)NC[C@H]2[C@H]3CN(C(=O)C4CC4)C[C@]34CC[C@H]2O4)c(C)c1. The van der Waals surface area contributed by atoms with E-state index in [-0.39, 0.29) is 29.4 Å². The molecule has 3 saturated heterocycles. The third-order valence-electron chi connectivity index (χ3n) is 7.20. The Hall–Kier alpha value is -2.08. The van der Waals surface area contributed by atoms with Gasteiger partial charge < -0.3 is 19.7 Å². The molecule has 0 radical (unpaired) electrons. The summed E-state index contributed by atoms with van der Waals surface area (Å²) >= 11 is 0. The first-order chi connectivity index (χ1) is 13.5. The van der Waals surface area contributed by atoms with Crippen molar-refractivity contribution in [3.05, 3.63) is 29.3 Å². The second-order valence-corrected chi connectivity index (χ2v) is 8.91. The highest BCUT2D eigenvalue weighted by Crippen LogP contribution is 2.55. The number of rotatable bonds is 5. The van der Waals surface area contributed by atoms with Gasteiger partial charge in [-0.15, -0.1) is 0 Å². The van der Waals surface area contributed by atoms with E-state index in [0.29, 0.717) is 23.9 Å². The molecule has 28 heavy (non-hydrogen) atoms. The molecule has 3 heterocycles. The lowest BCUT2D eigenvalue weighted by Gasteiger charge is -2.29. The predicted molar refractivity (Wildman–Crippen MR) is 103 cm³/mol. The molecule has 2 amide bonds. The number of carbonyl (C=O) groups is 2. The minimum absolute atomic E-state index is 0.0547. The normalized spacial score (nSPS) is 33.1. The maximum absolute atomic E-state index is 12.7. The number of hydrogen-bond acceptors (Lipinski definition) is 4. The van der Waals surface area contributed by atoms with Gasteiger partial charge in [0.15, 0.2) is 0 Å². The van der Waals surface area contributed by atoms with Crippen molar-refractivity contribution in [2.45, 2.75) is 44.3 Å². The van der Waals surface area contributed by atoms with Crippen LogP contribution in [0.5, 0.6) is 5.75 Å². The highest BCUT2D eigenvalue weighted by Gasteiger charge is 2.63. The molecule has 150 valence electrons. The molecule has 0 unspecified atom stereocenters. The second-order valence-electron chi connectivity index (χ2n) is 8.91. The average Bonchev–Trinajstić information content (AvgIpc) is 3.26. The van der Waals surface area contributed by atoms with Crippen LogP contribution >= 0.6 is 0 Å². The molecule has 4 aliphatic rings. The molecule has 4 fully saturated rings. The highest BCUT2D eigenvalue weighted by atomic mass is 16.5. The van der Waals surface area contributed by atoms with Crippen molar-refractivity contribution >= 4 is 11.8 Å². The fraction of sp³-hybridized carbons (Fsp3) is 0.636. The zero-order valence-electron chi connectivity index (χ0n) is 16.6. The van der Waals surface area contributed by atoms with Crippen LogP contribution in [-0.2, 0) is 9.53 Å². The molecule has 6 nitrogen and oxygen atoms in total. The standard InChI is InChI=1S/C22H28N2O4/c1-13-9-15(27-2)5-6-16(13)20(25)23-10-17-18-11-24(21(26)14-3-4-14)12-22(18)8-7-19(17)28-22/h5-6,9,14,17-19H,3-4,7-8,10-12H2,1-2H3,(H,23,25)/t17-,18+,19+,22+/m0/s1. The van der Waals surface area contributed by atoms with Crippen molar-refractivity contribution in [3.63, 3.8) is 0 Å². The number of ether oxygens (including phenoxy) is 2. The summed E-state index contributed by atoms with van der Waals surface area (Å²) in [6.07, 6.45) is 4.36. The Morgan fingerprint density at radius 1 is 1.32 bits per heavy atom. The van der Waals surface area contributed by atoms with E-state index in [1.807, 2.05) is 30.0 Å². The van der Waals surface area contributed by atoms with Crippen molar-refractivity contribution in [2.75, 3.05) is 26.7 Å². The summed E-state index contributed by atoms with van der Waals surface area (Å²) in [4.78, 5) is 27.3. The van der Waals surface area contributed by atoms with E-state index >= 15 is 0 Å². The Morgan fingerprint density at radius 3 is 2.86 bits per heavy atom. The van der Waals surface area contributed by atoms with Crippen molar-refractivity contribution in [1.82, 2.24) is 10.2 Å². The van der Waals surface area contributed by atoms with E-state index in [1.165, 1.54) is 0 Å². The third-order valence-corrected chi connectivity index (χ3v) is 7.20. The molecule has 4 atom stereocenters. The second kappa shape index (κ2) is 6.48. The molecule has 1 saturated carbocycles. The fourth-order valence-corrected chi connectivity index (χ4v) is 5.54. The van der Waals surface area contributed by atoms with Crippen molar-refractivity contribution in [2.24, 2.45) is 17.8 Å². The van der Waals surface area contributed by atoms with Gasteiger partial charge in [-0.3, -0.25) is 9.59 Å². The van der Waals surface area contributed by atoms with E-state index in [0.717, 1.165) is 50.1 Å². The molecule has 1 spiro atoms. The summed E-state index contributed by atoms with van der Waals surface area (Å²) in [5.41, 5.74) is 1.41. The molecule has 1 aromatic carbocycles. The van der Waals surface area contributed by atoms with Crippen LogP contribution < -0.4 is 10.1 Å². The lowest BCUT2D eigenvalue weighted by molar-refractivity contribution is -0.133. The fourth-order valence-electron chi connectivity index (χ4n) is 5.54. The van der Waals surface area contributed by atoms with Crippen LogP contribution in [-0.4, -0.2) is 55.2 Å². The number of nitrogens with zero attached hydrogens (tertiary/aromatic N) is 1. The van der Waals surface area contributed by atoms with Crippen LogP contribution in [0, 0.1) is 24.7 Å². The number of fused-ring (bicyclic) bond motifs is 1. The number of nitrogens with one attached hydrogen (secondary N) is 1. The van der Waals surface area contributed by atoms with Gasteiger partial charge in [0.2, 0.25) is 5.91 Å². The molecule has 1 aromatic rings. The Labute approximate surface area is 165 Å². The largest absolute Gasteiger partial charge is 0.497 e. The van der Waals surface area contributed by atoms with Gasteiger partial charge in [-0.05, 0) is 56.4 Å². The van der Waals surface area contributed by atoms with Crippen LogP contribution in [0.4, 0.5) is 0 Å². The first-order valence-corrected chi connectivity index (χ1v) is 10.4. The van der Waals surface area contributed by atoms with Gasteiger partial charge in [-0.2, -0.15) is 0 Å². The number of likely N-dealkylation sites (tertiary alicyclic amines) is 1. The van der Waals surface area contributed by atoms with Gasteiger partial charge in [-0.25, -0.2) is 0 Å². The van der Waals surface area contributed by atoms with Crippen molar-refractivity contribution in [3.8, 4) is 5.75 Å². The van der Waals surface area contributed by atoms with Gasteiger partial charge in [-0.1, -0.05) is 0 Å². The maximum atomic E-state index is 12.7. The van der Waals surface area contributed by atoms with E-state index < -0.39 is 0 Å². The third kappa shape index (κ3) is 2.81. The monoisotopic (exact) mass is 384 g/mol. The lowest BCUT2D eigenvalue weighted by Crippen LogP contribution is -2.42. The van der Waals surface area contributed by atoms with Crippen LogP contribution in [0.25, 0.3) is 0 Å². The summed E-state index contributed by atoms with van der Waals surface area (Å²) in [5.74, 6) is 1.89. The smallest absolute Gasteiger partial charge is 0.251 e. The van der Waals surface area contributed by atoms with Crippen LogP contribution in [0.15, 0.2) is 18.2 Å². The van der Waals surface area contributed by atoms with Crippen molar-refractivity contribution in [1.29, 1.82) is 0 Å². The minimum atomic E-state index is -0.166. The number of methoxy groups -OCH3 is 1. The maximum Gasteiger partial charge on any atom is 0.251 e. The number of hydrogen-bond donors (Lipinski definition) is 1. The first-order valence-electron chi connectivity index (χ1n) is 10.4. The van der Waals surface area contributed by atoms with Crippen LogP contribution in [0.3, 0.4) is 0 Å². The summed E-state index contributed by atoms with van der Waals surface area (Å²) in [6, 6.07) is 5.51. The predicted octanol–water partition coefficient (Wildman–Crippen LogP) is 2.15. The number of carbonyl (C=O) groups excluding carboxylic acids is 2. The molecule has 6 heteroatoms. The highest BCUT2D eigenvalue weighted by molar-refractivity contribution is 5.95. The number of benzene rings is 1. The lowest BCUT2D eigenvalue weighted by atomic mass is 9.73. The molecule has 1 aliphatic carbocycles.